The molecule has 0 fully saturated rings. The van der Waals surface area contributed by atoms with Gasteiger partial charge in [0.15, 0.2) is 0 Å². The summed E-state index contributed by atoms with van der Waals surface area (Å²) < 4.78 is 0. The van der Waals surface area contributed by atoms with E-state index in [1.54, 1.807) is 0 Å². The summed E-state index contributed by atoms with van der Waals surface area (Å²) in [5.74, 6) is 0. The van der Waals surface area contributed by atoms with Crippen LogP contribution in [0.3, 0.4) is 0 Å². The molecule has 0 atom stereocenters. The molecule has 0 saturated carbocycles. The Bertz CT molecular complexity index is 160. The van der Waals surface area contributed by atoms with Gasteiger partial charge in [-0.15, -0.1) is 0 Å². The number of nitrogens with zero attached hydrogens (tertiary/aromatic N) is 1. The minimum absolute atomic E-state index is 0.421. The van der Waals surface area contributed by atoms with Crippen molar-refractivity contribution >= 4 is 5.71 Å². The molecule has 0 saturated heterocycles. The fourth-order valence-corrected chi connectivity index (χ4v) is 1.36. The Morgan fingerprint density at radius 1 is 1.13 bits per heavy atom. The molecular weight excluding hydrogens is 184 g/mol. The highest BCUT2D eigenvalue weighted by Gasteiger charge is 2.18. The minimum Gasteiger partial charge on any atom is -0.310 e. The molecule has 0 unspecified atom stereocenters. The van der Waals surface area contributed by atoms with Crippen LogP contribution in [0, 0.1) is 5.41 Å². The summed E-state index contributed by atoms with van der Waals surface area (Å²) in [5.41, 5.74) is 4.77. The number of hydrogen-bond donors (Lipinski definition) is 1. The number of hydrogen-bond acceptors (Lipinski definition) is 2. The lowest BCUT2D eigenvalue weighted by atomic mass is 9.86. The van der Waals surface area contributed by atoms with Crippen molar-refractivity contribution in [3.8, 4) is 0 Å². The average molecular weight is 214 g/mol. The highest BCUT2D eigenvalue weighted by molar-refractivity contribution is 5.81. The van der Waals surface area contributed by atoms with Gasteiger partial charge in [-0.2, -0.15) is 5.10 Å². The van der Waals surface area contributed by atoms with E-state index in [0.717, 1.165) is 13.0 Å². The third kappa shape index (κ3) is 9.77. The van der Waals surface area contributed by atoms with Crippen molar-refractivity contribution in [1.29, 1.82) is 0 Å². The van der Waals surface area contributed by atoms with Crippen LogP contribution in [0.15, 0.2) is 5.10 Å². The van der Waals surface area contributed by atoms with Crippen LogP contribution >= 0.6 is 0 Å². The summed E-state index contributed by atoms with van der Waals surface area (Å²) in [4.78, 5) is 0. The maximum absolute atomic E-state index is 4.25. The van der Waals surface area contributed by atoms with Crippen molar-refractivity contribution in [3.63, 3.8) is 0 Å². The summed E-state index contributed by atoms with van der Waals surface area (Å²) in [7, 11) is 0. The monoisotopic (exact) mass is 214 g/mol. The van der Waals surface area contributed by atoms with Crippen molar-refractivity contribution in [2.45, 2.75) is 67.7 Å². The zero-order valence-electron chi connectivity index (χ0n) is 11.8. The lowest BCUT2D eigenvalue weighted by molar-refractivity contribution is 0.306. The van der Waals surface area contributed by atoms with Gasteiger partial charge in [0.1, 0.15) is 0 Å². The first kappa shape index (κ1) is 16.9. The molecule has 2 nitrogen and oxygen atoms in total. The molecule has 1 heterocycles. The zero-order chi connectivity index (χ0) is 12.3. The van der Waals surface area contributed by atoms with Crippen LogP contribution in [0.25, 0.3) is 0 Å². The Kier molecular flexibility index (Phi) is 11.3. The fraction of sp³-hybridized carbons (Fsp3) is 0.923. The molecule has 92 valence electrons. The molecule has 0 bridgehead atoms. The number of rotatable bonds is 0. The van der Waals surface area contributed by atoms with Gasteiger partial charge in [0.2, 0.25) is 0 Å². The van der Waals surface area contributed by atoms with E-state index in [2.05, 4.69) is 31.3 Å². The van der Waals surface area contributed by atoms with Gasteiger partial charge < -0.3 is 5.43 Å². The molecule has 1 aliphatic rings. The van der Waals surface area contributed by atoms with E-state index in [1.807, 2.05) is 27.7 Å². The highest BCUT2D eigenvalue weighted by Crippen LogP contribution is 2.23. The predicted octanol–water partition coefficient (Wildman–Crippen LogP) is 4.21. The Morgan fingerprint density at radius 3 is 2.20 bits per heavy atom. The molecule has 1 rings (SSSR count). The van der Waals surface area contributed by atoms with Crippen LogP contribution in [0.4, 0.5) is 0 Å². The molecule has 0 spiro atoms. The van der Waals surface area contributed by atoms with E-state index in [0.29, 0.717) is 5.41 Å². The van der Waals surface area contributed by atoms with Crippen molar-refractivity contribution < 1.29 is 0 Å². The maximum atomic E-state index is 4.25. The third-order valence-electron chi connectivity index (χ3n) is 2.22. The van der Waals surface area contributed by atoms with Crippen molar-refractivity contribution in [1.82, 2.24) is 5.43 Å². The SMILES string of the molecule is C/C1=N/NCC(C)(C)CCC1.CC.CC. The highest BCUT2D eigenvalue weighted by atomic mass is 15.3. The quantitative estimate of drug-likeness (QED) is 0.641. The Balaban J connectivity index is 0. The van der Waals surface area contributed by atoms with Crippen LogP contribution in [0.1, 0.15) is 67.7 Å². The first-order chi connectivity index (χ1) is 7.10. The summed E-state index contributed by atoms with van der Waals surface area (Å²) in [6.07, 6.45) is 3.73. The fourth-order valence-electron chi connectivity index (χ4n) is 1.36. The van der Waals surface area contributed by atoms with Crippen molar-refractivity contribution in [2.75, 3.05) is 6.54 Å². The van der Waals surface area contributed by atoms with Gasteiger partial charge in [-0.3, -0.25) is 0 Å². The smallest absolute Gasteiger partial charge is 0.0380 e. The largest absolute Gasteiger partial charge is 0.310 e. The topological polar surface area (TPSA) is 24.4 Å². The molecule has 0 radical (unpaired) electrons. The van der Waals surface area contributed by atoms with Gasteiger partial charge in [-0.25, -0.2) is 0 Å². The van der Waals surface area contributed by atoms with Gasteiger partial charge in [0.05, 0.1) is 0 Å². The zero-order valence-corrected chi connectivity index (χ0v) is 11.8. The summed E-state index contributed by atoms with van der Waals surface area (Å²) >= 11 is 0. The second-order valence-electron chi connectivity index (χ2n) is 4.20. The molecule has 1 aliphatic heterocycles. The molecule has 0 aliphatic carbocycles. The average Bonchev–Trinajstić information content (AvgIpc) is 2.21. The lowest BCUT2D eigenvalue weighted by Crippen LogP contribution is -2.28. The van der Waals surface area contributed by atoms with Gasteiger partial charge in [-0.1, -0.05) is 41.5 Å². The summed E-state index contributed by atoms with van der Waals surface area (Å²) in [6, 6.07) is 0. The molecule has 0 aromatic carbocycles. The first-order valence-electron chi connectivity index (χ1n) is 6.36. The summed E-state index contributed by atoms with van der Waals surface area (Å²) in [6.45, 7) is 15.7. The van der Waals surface area contributed by atoms with Gasteiger partial charge in [0, 0.05) is 12.3 Å². The van der Waals surface area contributed by atoms with Crippen LogP contribution in [0.2, 0.25) is 0 Å². The van der Waals surface area contributed by atoms with Crippen molar-refractivity contribution in [2.24, 2.45) is 10.5 Å². The first-order valence-corrected chi connectivity index (χ1v) is 6.36. The Morgan fingerprint density at radius 2 is 1.67 bits per heavy atom. The minimum atomic E-state index is 0.421. The molecule has 0 aromatic heterocycles. The number of nitrogens with one attached hydrogen (secondary N) is 1. The Hall–Kier alpha value is -0.530. The van der Waals surface area contributed by atoms with Crippen LogP contribution in [-0.4, -0.2) is 12.3 Å². The number of hydrazone groups is 1. The molecular formula is C13H30N2. The third-order valence-corrected chi connectivity index (χ3v) is 2.22. The van der Waals surface area contributed by atoms with E-state index < -0.39 is 0 Å². The summed E-state index contributed by atoms with van der Waals surface area (Å²) in [5, 5.41) is 4.25. The predicted molar refractivity (Wildman–Crippen MR) is 71.4 cm³/mol. The van der Waals surface area contributed by atoms with Gasteiger partial charge >= 0.3 is 0 Å². The van der Waals surface area contributed by atoms with E-state index in [-0.39, 0.29) is 0 Å². The Labute approximate surface area is 96.5 Å². The second-order valence-corrected chi connectivity index (χ2v) is 4.20. The molecule has 0 amide bonds. The van der Waals surface area contributed by atoms with Crippen LogP contribution < -0.4 is 5.43 Å². The van der Waals surface area contributed by atoms with Gasteiger partial charge in [-0.05, 0) is 31.6 Å². The van der Waals surface area contributed by atoms with E-state index in [4.69, 9.17) is 0 Å². The van der Waals surface area contributed by atoms with Crippen LogP contribution in [-0.2, 0) is 0 Å². The molecule has 0 aromatic rings. The van der Waals surface area contributed by atoms with E-state index in [1.165, 1.54) is 18.6 Å². The molecule has 2 heteroatoms. The van der Waals surface area contributed by atoms with E-state index >= 15 is 0 Å². The van der Waals surface area contributed by atoms with Gasteiger partial charge in [0.25, 0.3) is 0 Å². The normalized spacial score (nSPS) is 22.2. The lowest BCUT2D eigenvalue weighted by Gasteiger charge is -2.25. The second kappa shape index (κ2) is 10.0. The van der Waals surface area contributed by atoms with Crippen LogP contribution in [0.5, 0.6) is 0 Å². The maximum Gasteiger partial charge on any atom is 0.0380 e. The van der Waals surface area contributed by atoms with Crippen molar-refractivity contribution in [3.05, 3.63) is 0 Å². The molecule has 15 heavy (non-hydrogen) atoms. The standard InChI is InChI=1S/C9H18N2.2C2H6/c1-8-5-4-6-9(2,3)7-10-11-8;2*1-2/h10H,4-7H2,1-3H3;2*1-2H3/b11-8-;;. The van der Waals surface area contributed by atoms with E-state index in [9.17, 15) is 0 Å². The molecule has 1 N–H and O–H groups in total.